The third-order valence-electron chi connectivity index (χ3n) is 3.51. The molecule has 6 heteroatoms. The van der Waals surface area contributed by atoms with Crippen molar-refractivity contribution >= 4 is 11.9 Å². The molecule has 0 radical (unpaired) electrons. The third kappa shape index (κ3) is 3.12. The van der Waals surface area contributed by atoms with Crippen molar-refractivity contribution in [1.29, 1.82) is 0 Å². The van der Waals surface area contributed by atoms with Crippen LogP contribution in [0, 0.1) is 0 Å². The summed E-state index contributed by atoms with van der Waals surface area (Å²) < 4.78 is 0. The van der Waals surface area contributed by atoms with Crippen molar-refractivity contribution in [3.8, 4) is 22.5 Å². The van der Waals surface area contributed by atoms with Gasteiger partial charge in [0.25, 0.3) is 0 Å². The van der Waals surface area contributed by atoms with Crippen LogP contribution in [0.1, 0.15) is 20.7 Å². The molecular formula is C18H12N2O4. The number of nitrogens with zero attached hydrogens (tertiary/aromatic N) is 2. The average molecular weight is 320 g/mol. The molecule has 0 saturated heterocycles. The Morgan fingerprint density at radius 3 is 1.46 bits per heavy atom. The van der Waals surface area contributed by atoms with Crippen LogP contribution in [-0.4, -0.2) is 32.1 Å². The Hall–Kier alpha value is -3.54. The Balaban J connectivity index is 1.84. The Morgan fingerprint density at radius 2 is 1.04 bits per heavy atom. The second-order valence-corrected chi connectivity index (χ2v) is 5.06. The molecule has 6 nitrogen and oxygen atoms in total. The predicted octanol–water partition coefficient (Wildman–Crippen LogP) is 3.21. The second kappa shape index (κ2) is 6.29. The van der Waals surface area contributed by atoms with Gasteiger partial charge in [-0.1, -0.05) is 24.3 Å². The van der Waals surface area contributed by atoms with E-state index in [-0.39, 0.29) is 11.1 Å². The molecule has 0 aliphatic rings. The summed E-state index contributed by atoms with van der Waals surface area (Å²) in [5.74, 6) is -1.47. The smallest absolute Gasteiger partial charge is 0.335 e. The number of rotatable bonds is 4. The minimum Gasteiger partial charge on any atom is -0.478 e. The largest absolute Gasteiger partial charge is 0.478 e. The van der Waals surface area contributed by atoms with Gasteiger partial charge in [-0.15, -0.1) is 0 Å². The van der Waals surface area contributed by atoms with Crippen LogP contribution in [0.25, 0.3) is 22.5 Å². The third-order valence-corrected chi connectivity index (χ3v) is 3.51. The van der Waals surface area contributed by atoms with Crippen molar-refractivity contribution in [2.45, 2.75) is 0 Å². The quantitative estimate of drug-likeness (QED) is 0.765. The molecule has 0 aliphatic carbocycles. The lowest BCUT2D eigenvalue weighted by Gasteiger charge is -2.04. The lowest BCUT2D eigenvalue weighted by Crippen LogP contribution is -1.96. The second-order valence-electron chi connectivity index (χ2n) is 5.06. The highest BCUT2D eigenvalue weighted by molar-refractivity contribution is 5.88. The summed E-state index contributed by atoms with van der Waals surface area (Å²) in [6, 6.07) is 12.7. The first-order chi connectivity index (χ1) is 11.5. The molecule has 0 unspecified atom stereocenters. The molecule has 1 aromatic heterocycles. The van der Waals surface area contributed by atoms with Crippen molar-refractivity contribution in [3.63, 3.8) is 0 Å². The maximum atomic E-state index is 10.9. The first-order valence-corrected chi connectivity index (χ1v) is 7.04. The van der Waals surface area contributed by atoms with Gasteiger partial charge in [-0.25, -0.2) is 19.6 Å². The number of carboxylic acid groups (broad SMARTS) is 2. The van der Waals surface area contributed by atoms with Crippen LogP contribution in [0.3, 0.4) is 0 Å². The van der Waals surface area contributed by atoms with Crippen LogP contribution in [0.2, 0.25) is 0 Å². The predicted molar refractivity (Wildman–Crippen MR) is 86.8 cm³/mol. The molecule has 3 aromatic rings. The molecule has 118 valence electrons. The number of benzene rings is 2. The minimum absolute atomic E-state index is 0.203. The van der Waals surface area contributed by atoms with Crippen molar-refractivity contribution in [1.82, 2.24) is 9.97 Å². The molecule has 0 amide bonds. The van der Waals surface area contributed by atoms with Crippen LogP contribution in [0.4, 0.5) is 0 Å². The number of aromatic carboxylic acids is 2. The molecule has 0 bridgehead atoms. The Bertz CT molecular complexity index is 809. The molecule has 0 atom stereocenters. The van der Waals surface area contributed by atoms with Crippen molar-refractivity contribution < 1.29 is 19.8 Å². The summed E-state index contributed by atoms with van der Waals surface area (Å²) in [5, 5.41) is 17.8. The molecule has 1 heterocycles. The van der Waals surface area contributed by atoms with E-state index >= 15 is 0 Å². The van der Waals surface area contributed by atoms with Gasteiger partial charge in [0, 0.05) is 23.5 Å². The van der Waals surface area contributed by atoms with E-state index in [0.29, 0.717) is 11.4 Å². The average Bonchev–Trinajstić information content (AvgIpc) is 2.62. The van der Waals surface area contributed by atoms with Crippen molar-refractivity contribution in [2.75, 3.05) is 0 Å². The van der Waals surface area contributed by atoms with Gasteiger partial charge < -0.3 is 10.2 Å². The lowest BCUT2D eigenvalue weighted by molar-refractivity contribution is 0.0686. The van der Waals surface area contributed by atoms with Crippen LogP contribution in [0.5, 0.6) is 0 Å². The van der Waals surface area contributed by atoms with E-state index in [2.05, 4.69) is 9.97 Å². The van der Waals surface area contributed by atoms with E-state index < -0.39 is 11.9 Å². The van der Waals surface area contributed by atoms with Gasteiger partial charge in [0.05, 0.1) is 11.1 Å². The van der Waals surface area contributed by atoms with E-state index in [1.54, 1.807) is 36.7 Å². The summed E-state index contributed by atoms with van der Waals surface area (Å²) >= 11 is 0. The highest BCUT2D eigenvalue weighted by Crippen LogP contribution is 2.21. The van der Waals surface area contributed by atoms with E-state index in [4.69, 9.17) is 10.2 Å². The Morgan fingerprint density at radius 1 is 0.625 bits per heavy atom. The summed E-state index contributed by atoms with van der Waals surface area (Å²) in [6.45, 7) is 0. The number of carboxylic acids is 2. The monoisotopic (exact) mass is 320 g/mol. The first-order valence-electron chi connectivity index (χ1n) is 7.04. The van der Waals surface area contributed by atoms with Gasteiger partial charge in [-0.05, 0) is 29.8 Å². The molecular weight excluding hydrogens is 308 g/mol. The van der Waals surface area contributed by atoms with Gasteiger partial charge in [0.1, 0.15) is 0 Å². The maximum absolute atomic E-state index is 10.9. The molecule has 0 spiro atoms. The summed E-state index contributed by atoms with van der Waals surface area (Å²) in [7, 11) is 0. The fourth-order valence-corrected chi connectivity index (χ4v) is 2.19. The molecule has 3 rings (SSSR count). The number of hydrogen-bond acceptors (Lipinski definition) is 4. The molecule has 24 heavy (non-hydrogen) atoms. The zero-order valence-corrected chi connectivity index (χ0v) is 12.4. The normalized spacial score (nSPS) is 10.3. The number of hydrogen-bond donors (Lipinski definition) is 2. The molecule has 2 aromatic carbocycles. The summed E-state index contributed by atoms with van der Waals surface area (Å²) in [6.07, 6.45) is 3.28. The fourth-order valence-electron chi connectivity index (χ4n) is 2.19. The van der Waals surface area contributed by atoms with E-state index in [1.165, 1.54) is 24.3 Å². The highest BCUT2D eigenvalue weighted by Gasteiger charge is 2.07. The van der Waals surface area contributed by atoms with Crippen LogP contribution < -0.4 is 0 Å². The molecule has 0 saturated carbocycles. The number of aromatic nitrogens is 2. The van der Waals surface area contributed by atoms with Crippen molar-refractivity contribution in [3.05, 3.63) is 72.1 Å². The van der Waals surface area contributed by atoms with Crippen LogP contribution in [-0.2, 0) is 0 Å². The van der Waals surface area contributed by atoms with E-state index in [1.807, 2.05) is 0 Å². The standard InChI is InChI=1S/C18H12N2O4/c21-17(22)13-5-1-11(2-6-13)15-9-19-16(20-10-15)12-3-7-14(8-4-12)18(23)24/h1-10H,(H,21,22)(H,23,24). The molecule has 0 aliphatic heterocycles. The van der Waals surface area contributed by atoms with Crippen molar-refractivity contribution in [2.24, 2.45) is 0 Å². The number of carbonyl (C=O) groups is 2. The fraction of sp³-hybridized carbons (Fsp3) is 0. The van der Waals surface area contributed by atoms with Crippen LogP contribution in [0.15, 0.2) is 60.9 Å². The van der Waals surface area contributed by atoms with E-state index in [9.17, 15) is 9.59 Å². The first kappa shape index (κ1) is 15.4. The van der Waals surface area contributed by atoms with Crippen LogP contribution >= 0.6 is 0 Å². The summed E-state index contributed by atoms with van der Waals surface area (Å²) in [4.78, 5) is 30.3. The molecule has 0 fully saturated rings. The van der Waals surface area contributed by atoms with E-state index in [0.717, 1.165) is 11.1 Å². The van der Waals surface area contributed by atoms with Gasteiger partial charge >= 0.3 is 11.9 Å². The van der Waals surface area contributed by atoms with Gasteiger partial charge in [0.2, 0.25) is 0 Å². The molecule has 2 N–H and O–H groups in total. The Labute approximate surface area is 137 Å². The zero-order chi connectivity index (χ0) is 17.1. The van der Waals surface area contributed by atoms with Gasteiger partial charge in [0.15, 0.2) is 5.82 Å². The lowest BCUT2D eigenvalue weighted by atomic mass is 10.1. The highest BCUT2D eigenvalue weighted by atomic mass is 16.4. The summed E-state index contributed by atoms with van der Waals surface area (Å²) in [5.41, 5.74) is 2.71. The minimum atomic E-state index is -0.984. The maximum Gasteiger partial charge on any atom is 0.335 e. The topological polar surface area (TPSA) is 100 Å². The Kier molecular flexibility index (Phi) is 4.03. The zero-order valence-electron chi connectivity index (χ0n) is 12.4. The SMILES string of the molecule is O=C(O)c1ccc(-c2cnc(-c3ccc(C(=O)O)cc3)nc2)cc1. The van der Waals surface area contributed by atoms with Gasteiger partial charge in [-0.2, -0.15) is 0 Å². The van der Waals surface area contributed by atoms with Gasteiger partial charge in [-0.3, -0.25) is 0 Å².